The van der Waals surface area contributed by atoms with Gasteiger partial charge < -0.3 is 5.32 Å². The molecule has 1 N–H and O–H groups in total. The number of nitrogens with one attached hydrogen (secondary N) is 1. The SMILES string of the molecule is Cn1c(=O)c2ccccc2n2c(SCC(=O)NCc3cccnc3)nnc12. The van der Waals surface area contributed by atoms with Crippen molar-refractivity contribution in [2.24, 2.45) is 7.05 Å². The molecule has 0 saturated carbocycles. The van der Waals surface area contributed by atoms with Crippen molar-refractivity contribution in [3.05, 3.63) is 64.7 Å². The molecule has 0 saturated heterocycles. The summed E-state index contributed by atoms with van der Waals surface area (Å²) >= 11 is 1.28. The molecule has 0 aliphatic heterocycles. The van der Waals surface area contributed by atoms with Crippen LogP contribution in [-0.2, 0) is 18.4 Å². The fraction of sp³-hybridized carbons (Fsp3) is 0.167. The van der Waals surface area contributed by atoms with Gasteiger partial charge in [-0.2, -0.15) is 0 Å². The zero-order chi connectivity index (χ0) is 18.8. The summed E-state index contributed by atoms with van der Waals surface area (Å²) in [6.07, 6.45) is 3.40. The lowest BCUT2D eigenvalue weighted by Crippen LogP contribution is -2.24. The summed E-state index contributed by atoms with van der Waals surface area (Å²) in [6.45, 7) is 0.422. The zero-order valence-corrected chi connectivity index (χ0v) is 15.3. The number of nitrogens with zero attached hydrogens (tertiary/aromatic N) is 5. The number of benzene rings is 1. The Morgan fingerprint density at radius 3 is 2.85 bits per heavy atom. The highest BCUT2D eigenvalue weighted by Crippen LogP contribution is 2.20. The number of rotatable bonds is 5. The van der Waals surface area contributed by atoms with Crippen molar-refractivity contribution in [3.8, 4) is 0 Å². The van der Waals surface area contributed by atoms with Crippen LogP contribution < -0.4 is 10.9 Å². The number of carbonyl (C=O) groups is 1. The molecule has 0 radical (unpaired) electrons. The fourth-order valence-corrected chi connectivity index (χ4v) is 3.56. The number of hydrogen-bond acceptors (Lipinski definition) is 6. The minimum absolute atomic E-state index is 0.116. The van der Waals surface area contributed by atoms with Crippen LogP contribution >= 0.6 is 11.8 Å². The third kappa shape index (κ3) is 3.28. The van der Waals surface area contributed by atoms with Gasteiger partial charge in [-0.15, -0.1) is 10.2 Å². The molecule has 0 aliphatic rings. The summed E-state index contributed by atoms with van der Waals surface area (Å²) in [5.41, 5.74) is 1.53. The van der Waals surface area contributed by atoms with Crippen molar-refractivity contribution >= 4 is 34.3 Å². The van der Waals surface area contributed by atoms with Crippen LogP contribution in [0.25, 0.3) is 16.7 Å². The summed E-state index contributed by atoms with van der Waals surface area (Å²) in [6, 6.07) is 11.0. The second kappa shape index (κ2) is 7.20. The highest BCUT2D eigenvalue weighted by molar-refractivity contribution is 7.99. The van der Waals surface area contributed by atoms with Gasteiger partial charge in [-0.25, -0.2) is 0 Å². The maximum absolute atomic E-state index is 12.4. The Labute approximate surface area is 158 Å². The number of carbonyl (C=O) groups excluding carboxylic acids is 1. The number of thioether (sulfide) groups is 1. The molecule has 0 atom stereocenters. The quantitative estimate of drug-likeness (QED) is 0.526. The number of aryl methyl sites for hydroxylation is 1. The van der Waals surface area contributed by atoms with Gasteiger partial charge in [0.2, 0.25) is 11.7 Å². The van der Waals surface area contributed by atoms with Crippen LogP contribution in [0.5, 0.6) is 0 Å². The molecule has 0 spiro atoms. The molecule has 0 bridgehead atoms. The minimum Gasteiger partial charge on any atom is -0.351 e. The van der Waals surface area contributed by atoms with E-state index in [1.165, 1.54) is 16.3 Å². The second-order valence-electron chi connectivity index (χ2n) is 5.93. The number of amides is 1. The summed E-state index contributed by atoms with van der Waals surface area (Å²) in [7, 11) is 1.66. The Bertz CT molecular complexity index is 1190. The van der Waals surface area contributed by atoms with E-state index in [-0.39, 0.29) is 17.2 Å². The van der Waals surface area contributed by atoms with Gasteiger partial charge >= 0.3 is 0 Å². The Morgan fingerprint density at radius 1 is 1.19 bits per heavy atom. The lowest BCUT2D eigenvalue weighted by Gasteiger charge is -2.08. The van der Waals surface area contributed by atoms with Crippen molar-refractivity contribution in [2.75, 3.05) is 5.75 Å². The van der Waals surface area contributed by atoms with E-state index in [2.05, 4.69) is 20.5 Å². The summed E-state index contributed by atoms with van der Waals surface area (Å²) in [4.78, 5) is 28.6. The normalized spacial score (nSPS) is 11.1. The monoisotopic (exact) mass is 380 g/mol. The second-order valence-corrected chi connectivity index (χ2v) is 6.87. The molecule has 4 aromatic rings. The van der Waals surface area contributed by atoms with Crippen LogP contribution in [0, 0.1) is 0 Å². The highest BCUT2D eigenvalue weighted by atomic mass is 32.2. The third-order valence-corrected chi connectivity index (χ3v) is 5.07. The number of hydrogen-bond donors (Lipinski definition) is 1. The van der Waals surface area contributed by atoms with E-state index in [1.807, 2.05) is 30.3 Å². The van der Waals surface area contributed by atoms with Gasteiger partial charge in [0.05, 0.1) is 16.7 Å². The molecule has 1 amide bonds. The number of para-hydroxylation sites is 1. The third-order valence-electron chi connectivity index (χ3n) is 4.14. The molecular weight excluding hydrogens is 364 g/mol. The van der Waals surface area contributed by atoms with Crippen molar-refractivity contribution in [3.63, 3.8) is 0 Å². The van der Waals surface area contributed by atoms with Gasteiger partial charge in [0, 0.05) is 26.0 Å². The molecule has 8 nitrogen and oxygen atoms in total. The molecule has 3 heterocycles. The largest absolute Gasteiger partial charge is 0.351 e. The van der Waals surface area contributed by atoms with Crippen LogP contribution in [0.1, 0.15) is 5.56 Å². The lowest BCUT2D eigenvalue weighted by atomic mass is 10.2. The number of fused-ring (bicyclic) bond motifs is 3. The van der Waals surface area contributed by atoms with Crippen LogP contribution in [0.15, 0.2) is 58.7 Å². The summed E-state index contributed by atoms with van der Waals surface area (Å²) in [5, 5.41) is 12.3. The van der Waals surface area contributed by atoms with Crippen molar-refractivity contribution in [2.45, 2.75) is 11.7 Å². The van der Waals surface area contributed by atoms with Crippen LogP contribution in [0.4, 0.5) is 0 Å². The first kappa shape index (κ1) is 17.2. The van der Waals surface area contributed by atoms with Gasteiger partial charge in [-0.05, 0) is 23.8 Å². The zero-order valence-electron chi connectivity index (χ0n) is 14.5. The molecule has 4 rings (SSSR count). The van der Waals surface area contributed by atoms with E-state index in [9.17, 15) is 9.59 Å². The van der Waals surface area contributed by atoms with Crippen molar-refractivity contribution in [1.82, 2.24) is 29.5 Å². The Hall–Kier alpha value is -3.20. The number of pyridine rings is 1. The first-order valence-corrected chi connectivity index (χ1v) is 9.25. The first-order chi connectivity index (χ1) is 13.1. The molecule has 0 aliphatic carbocycles. The average molecular weight is 380 g/mol. The average Bonchev–Trinajstić information content (AvgIpc) is 3.14. The molecular formula is C18H16N6O2S. The first-order valence-electron chi connectivity index (χ1n) is 8.26. The van der Waals surface area contributed by atoms with Gasteiger partial charge in [0.1, 0.15) is 0 Å². The van der Waals surface area contributed by atoms with Crippen LogP contribution in [0.3, 0.4) is 0 Å². The fourth-order valence-electron chi connectivity index (χ4n) is 2.79. The van der Waals surface area contributed by atoms with Crippen molar-refractivity contribution < 1.29 is 4.79 Å². The van der Waals surface area contributed by atoms with E-state index in [0.29, 0.717) is 22.9 Å². The smallest absolute Gasteiger partial charge is 0.262 e. The molecule has 136 valence electrons. The van der Waals surface area contributed by atoms with E-state index in [0.717, 1.165) is 11.1 Å². The molecule has 0 unspecified atom stereocenters. The van der Waals surface area contributed by atoms with Gasteiger partial charge in [0.25, 0.3) is 5.56 Å². The topological polar surface area (TPSA) is 94.2 Å². The molecule has 1 aromatic carbocycles. The van der Waals surface area contributed by atoms with E-state index >= 15 is 0 Å². The predicted octanol–water partition coefficient (Wildman–Crippen LogP) is 1.38. The molecule has 3 aromatic heterocycles. The summed E-state index contributed by atoms with van der Waals surface area (Å²) in [5.74, 6) is 0.518. The lowest BCUT2D eigenvalue weighted by molar-refractivity contribution is -0.118. The Kier molecular flexibility index (Phi) is 4.59. The van der Waals surface area contributed by atoms with E-state index < -0.39 is 0 Å². The van der Waals surface area contributed by atoms with Crippen molar-refractivity contribution in [1.29, 1.82) is 0 Å². The van der Waals surface area contributed by atoms with Gasteiger partial charge in [0.15, 0.2) is 5.16 Å². The van der Waals surface area contributed by atoms with Crippen LogP contribution in [0.2, 0.25) is 0 Å². The van der Waals surface area contributed by atoms with Gasteiger partial charge in [-0.1, -0.05) is 30.0 Å². The van der Waals surface area contributed by atoms with E-state index in [1.54, 1.807) is 29.9 Å². The molecule has 0 fully saturated rings. The standard InChI is InChI=1S/C18H16N6O2S/c1-23-16(26)13-6-2-3-7-14(13)24-17(23)21-22-18(24)27-11-15(25)20-10-12-5-4-8-19-9-12/h2-9H,10-11H2,1H3,(H,20,25). The maximum Gasteiger partial charge on any atom is 0.262 e. The maximum atomic E-state index is 12.4. The Balaban J connectivity index is 1.56. The van der Waals surface area contributed by atoms with E-state index in [4.69, 9.17) is 0 Å². The van der Waals surface area contributed by atoms with Gasteiger partial charge in [-0.3, -0.25) is 23.5 Å². The molecule has 27 heavy (non-hydrogen) atoms. The predicted molar refractivity (Wildman–Crippen MR) is 103 cm³/mol. The highest BCUT2D eigenvalue weighted by Gasteiger charge is 2.15. The minimum atomic E-state index is -0.128. The molecule has 9 heteroatoms. The number of aromatic nitrogens is 5. The van der Waals surface area contributed by atoms with Crippen LogP contribution in [-0.4, -0.2) is 35.8 Å². The Morgan fingerprint density at radius 2 is 2.04 bits per heavy atom. The summed E-state index contributed by atoms with van der Waals surface area (Å²) < 4.78 is 3.26.